The molecular formula is C23H31N5O3. The van der Waals surface area contributed by atoms with Crippen LogP contribution in [0.5, 0.6) is 0 Å². The van der Waals surface area contributed by atoms with Gasteiger partial charge in [-0.3, -0.25) is 14.3 Å². The van der Waals surface area contributed by atoms with E-state index >= 15 is 0 Å². The zero-order chi connectivity index (χ0) is 21.5. The van der Waals surface area contributed by atoms with Crippen molar-refractivity contribution in [2.24, 2.45) is 11.8 Å². The second-order valence-electron chi connectivity index (χ2n) is 9.39. The summed E-state index contributed by atoms with van der Waals surface area (Å²) in [6.07, 6.45) is 8.26. The van der Waals surface area contributed by atoms with Crippen molar-refractivity contribution in [3.63, 3.8) is 0 Å². The van der Waals surface area contributed by atoms with Crippen LogP contribution >= 0.6 is 0 Å². The summed E-state index contributed by atoms with van der Waals surface area (Å²) in [7, 11) is 0. The molecule has 1 amide bonds. The van der Waals surface area contributed by atoms with E-state index in [-0.39, 0.29) is 29.5 Å². The minimum Gasteiger partial charge on any atom is -0.391 e. The highest BCUT2D eigenvalue weighted by molar-refractivity contribution is 5.95. The maximum Gasteiger partial charge on any atom is 0.263 e. The number of rotatable bonds is 3. The van der Waals surface area contributed by atoms with E-state index < -0.39 is 6.10 Å². The monoisotopic (exact) mass is 425 g/mol. The van der Waals surface area contributed by atoms with Crippen molar-refractivity contribution in [3.05, 3.63) is 52.2 Å². The zero-order valence-electron chi connectivity index (χ0n) is 18.0. The Morgan fingerprint density at radius 1 is 1.16 bits per heavy atom. The van der Waals surface area contributed by atoms with Crippen molar-refractivity contribution in [3.8, 4) is 0 Å². The quantitative estimate of drug-likeness (QED) is 0.775. The summed E-state index contributed by atoms with van der Waals surface area (Å²) in [4.78, 5) is 28.6. The molecule has 31 heavy (non-hydrogen) atoms. The van der Waals surface area contributed by atoms with Crippen molar-refractivity contribution >= 4 is 5.91 Å². The number of aliphatic hydroxyl groups excluding tert-OH is 1. The summed E-state index contributed by atoms with van der Waals surface area (Å²) in [5.74, 6) is 0.420. The number of pyridine rings is 1. The van der Waals surface area contributed by atoms with Crippen molar-refractivity contribution in [2.75, 3.05) is 26.2 Å². The number of carbonyl (C=O) groups excluding carboxylic acids is 1. The second kappa shape index (κ2) is 8.24. The van der Waals surface area contributed by atoms with Crippen LogP contribution < -0.4 is 10.9 Å². The Morgan fingerprint density at radius 2 is 1.90 bits per heavy atom. The zero-order valence-corrected chi connectivity index (χ0v) is 18.0. The van der Waals surface area contributed by atoms with Crippen molar-refractivity contribution in [1.29, 1.82) is 0 Å². The smallest absolute Gasteiger partial charge is 0.263 e. The average Bonchev–Trinajstić information content (AvgIpc) is 3.43. The number of carbonyl (C=O) groups is 1. The predicted molar refractivity (Wildman–Crippen MR) is 116 cm³/mol. The van der Waals surface area contributed by atoms with Crippen molar-refractivity contribution in [2.45, 2.75) is 50.8 Å². The highest BCUT2D eigenvalue weighted by Gasteiger charge is 2.44. The third kappa shape index (κ3) is 3.72. The molecule has 0 radical (unpaired) electrons. The van der Waals surface area contributed by atoms with Gasteiger partial charge in [-0.25, -0.2) is 0 Å². The number of nitrogens with one attached hydrogen (secondary N) is 1. The maximum absolute atomic E-state index is 13.5. The van der Waals surface area contributed by atoms with Crippen LogP contribution in [-0.2, 0) is 0 Å². The lowest BCUT2D eigenvalue weighted by molar-refractivity contribution is 0.0306. The summed E-state index contributed by atoms with van der Waals surface area (Å²) in [6, 6.07) is 3.86. The topological polar surface area (TPSA) is 92.4 Å². The molecule has 5 rings (SSSR count). The molecule has 0 aromatic carbocycles. The molecular weight excluding hydrogens is 394 g/mol. The molecule has 8 nitrogen and oxygen atoms in total. The number of amides is 1. The lowest BCUT2D eigenvalue weighted by Gasteiger charge is -2.35. The van der Waals surface area contributed by atoms with Crippen LogP contribution in [0.25, 0.3) is 0 Å². The largest absolute Gasteiger partial charge is 0.391 e. The molecule has 3 aliphatic rings. The first kappa shape index (κ1) is 20.5. The van der Waals surface area contributed by atoms with E-state index in [1.54, 1.807) is 10.8 Å². The Bertz CT molecular complexity index is 995. The highest BCUT2D eigenvalue weighted by Crippen LogP contribution is 2.41. The Kier molecular flexibility index (Phi) is 5.44. The molecule has 1 aliphatic carbocycles. The average molecular weight is 426 g/mol. The molecule has 8 heteroatoms. The lowest BCUT2D eigenvalue weighted by atomic mass is 9.77. The fraction of sp³-hybridized carbons (Fsp3) is 0.609. The SMILES string of the molecule is Cc1ccn(C2CCNCC2)c(=O)c1C(=O)N1C[C@H]2C[C@@H](n3cccn3)[C@H](O)C[C@H]2C1. The third-order valence-corrected chi connectivity index (χ3v) is 7.50. The Hall–Kier alpha value is -2.45. The van der Waals surface area contributed by atoms with Gasteiger partial charge in [0.25, 0.3) is 11.5 Å². The van der Waals surface area contributed by atoms with Crippen LogP contribution in [0.4, 0.5) is 0 Å². The van der Waals surface area contributed by atoms with Gasteiger partial charge in [-0.15, -0.1) is 0 Å². The highest BCUT2D eigenvalue weighted by atomic mass is 16.3. The summed E-state index contributed by atoms with van der Waals surface area (Å²) >= 11 is 0. The minimum atomic E-state index is -0.466. The molecule has 3 fully saturated rings. The van der Waals surface area contributed by atoms with Crippen LogP contribution in [0, 0.1) is 18.8 Å². The van der Waals surface area contributed by atoms with E-state index in [2.05, 4.69) is 10.4 Å². The van der Waals surface area contributed by atoms with Crippen molar-refractivity contribution < 1.29 is 9.90 Å². The summed E-state index contributed by atoms with van der Waals surface area (Å²) < 4.78 is 3.60. The molecule has 4 heterocycles. The minimum absolute atomic E-state index is 0.0538. The van der Waals surface area contributed by atoms with Crippen LogP contribution in [0.2, 0.25) is 0 Å². The van der Waals surface area contributed by atoms with Gasteiger partial charge in [0.15, 0.2) is 0 Å². The fourth-order valence-electron chi connectivity index (χ4n) is 5.77. The molecule has 2 saturated heterocycles. The van der Waals surface area contributed by atoms with Crippen LogP contribution in [0.3, 0.4) is 0 Å². The normalized spacial score (nSPS) is 29.2. The lowest BCUT2D eigenvalue weighted by Crippen LogP contribution is -2.39. The summed E-state index contributed by atoms with van der Waals surface area (Å²) in [6.45, 7) is 4.87. The van der Waals surface area contributed by atoms with Gasteiger partial charge in [-0.1, -0.05) is 0 Å². The van der Waals surface area contributed by atoms with E-state index in [4.69, 9.17) is 0 Å². The first-order valence-electron chi connectivity index (χ1n) is 11.4. The van der Waals surface area contributed by atoms with E-state index in [0.717, 1.165) is 37.9 Å². The van der Waals surface area contributed by atoms with Gasteiger partial charge in [0.1, 0.15) is 5.56 Å². The first-order chi connectivity index (χ1) is 15.0. The Morgan fingerprint density at radius 3 is 2.61 bits per heavy atom. The van der Waals surface area contributed by atoms with Gasteiger partial charge in [-0.05, 0) is 75.2 Å². The van der Waals surface area contributed by atoms with Crippen LogP contribution in [-0.4, -0.2) is 62.5 Å². The number of hydrogen-bond donors (Lipinski definition) is 2. The Labute approximate surface area is 181 Å². The molecule has 0 bridgehead atoms. The molecule has 2 aromatic heterocycles. The first-order valence-corrected chi connectivity index (χ1v) is 11.4. The fourth-order valence-corrected chi connectivity index (χ4v) is 5.77. The number of likely N-dealkylation sites (tertiary alicyclic amines) is 1. The number of piperidine rings is 1. The number of aliphatic hydroxyl groups is 1. The van der Waals surface area contributed by atoms with Gasteiger partial charge in [0.2, 0.25) is 0 Å². The van der Waals surface area contributed by atoms with E-state index in [1.165, 1.54) is 0 Å². The number of aryl methyl sites for hydroxylation is 1. The van der Waals surface area contributed by atoms with Gasteiger partial charge in [0.05, 0.1) is 12.1 Å². The summed E-state index contributed by atoms with van der Waals surface area (Å²) in [5, 5.41) is 18.3. The molecule has 4 atom stereocenters. The van der Waals surface area contributed by atoms with E-state index in [9.17, 15) is 14.7 Å². The molecule has 0 spiro atoms. The van der Waals surface area contributed by atoms with Crippen LogP contribution in [0.1, 0.15) is 53.7 Å². The standard InChI is InChI=1S/C23H31N5O3/c1-15-5-10-27(18-3-7-24-8-4-18)23(31)21(15)22(30)26-13-16-11-19(28-9-2-6-25-28)20(29)12-17(16)14-26/h2,5-6,9-10,16-20,24,29H,3-4,7-8,11-14H2,1H3/t16-,17+,19-,20-/m1/s1. The number of nitrogens with zero attached hydrogens (tertiary/aromatic N) is 4. The number of hydrogen-bond acceptors (Lipinski definition) is 5. The van der Waals surface area contributed by atoms with Crippen molar-refractivity contribution in [1.82, 2.24) is 24.6 Å². The molecule has 2 aromatic rings. The van der Waals surface area contributed by atoms with Crippen LogP contribution in [0.15, 0.2) is 35.5 Å². The van der Waals surface area contributed by atoms with Gasteiger partial charge in [-0.2, -0.15) is 5.10 Å². The molecule has 2 N–H and O–H groups in total. The predicted octanol–water partition coefficient (Wildman–Crippen LogP) is 1.36. The van der Waals surface area contributed by atoms with E-state index in [1.807, 2.05) is 41.0 Å². The molecule has 0 unspecified atom stereocenters. The Balaban J connectivity index is 1.36. The van der Waals surface area contributed by atoms with Gasteiger partial charge < -0.3 is 19.9 Å². The second-order valence-corrected chi connectivity index (χ2v) is 9.39. The molecule has 2 aliphatic heterocycles. The van der Waals surface area contributed by atoms with Gasteiger partial charge >= 0.3 is 0 Å². The van der Waals surface area contributed by atoms with Gasteiger partial charge in [0, 0.05) is 37.7 Å². The molecule has 166 valence electrons. The number of fused-ring (bicyclic) bond motifs is 1. The summed E-state index contributed by atoms with van der Waals surface area (Å²) in [5.41, 5.74) is 0.884. The maximum atomic E-state index is 13.5. The molecule has 1 saturated carbocycles. The van der Waals surface area contributed by atoms with E-state index in [0.29, 0.717) is 31.0 Å². The number of aromatic nitrogens is 3. The third-order valence-electron chi connectivity index (χ3n) is 7.50.